The van der Waals surface area contributed by atoms with Gasteiger partial charge in [0.25, 0.3) is 10.1 Å². The number of rotatable bonds is 67. The largest absolute Gasteiger partial charge is 0.744 e. The van der Waals surface area contributed by atoms with Gasteiger partial charge in [0.05, 0.1) is 207 Å². The van der Waals surface area contributed by atoms with Crippen LogP contribution in [0, 0.1) is 0 Å². The number of amides is 4. The molecule has 0 atom stereocenters. The van der Waals surface area contributed by atoms with E-state index in [4.69, 9.17) is 93.0 Å². The lowest BCUT2D eigenvalue weighted by Gasteiger charge is -2.27. The zero-order valence-corrected chi connectivity index (χ0v) is 77.4. The fourth-order valence-electron chi connectivity index (χ4n) is 14.0. The second kappa shape index (κ2) is 55.1. The van der Waals surface area contributed by atoms with Crippen LogP contribution >= 0.6 is 0 Å². The number of anilines is 4. The molecule has 0 fully saturated rings. The normalized spacial score (nSPS) is 13.7. The zero-order valence-electron chi connectivity index (χ0n) is 75.7. The number of aromatic nitrogens is 6. The first-order chi connectivity index (χ1) is 63.6. The van der Waals surface area contributed by atoms with Gasteiger partial charge in [-0.25, -0.2) is 18.4 Å². The highest BCUT2D eigenvalue weighted by atomic mass is 32.2. The summed E-state index contributed by atoms with van der Waals surface area (Å²) < 4.78 is 164. The van der Waals surface area contributed by atoms with E-state index >= 15 is 0 Å². The lowest BCUT2D eigenvalue weighted by atomic mass is 9.81. The van der Waals surface area contributed by atoms with Gasteiger partial charge in [0.15, 0.2) is 29.4 Å². The Hall–Kier alpha value is -10.7. The number of nitrogens with zero attached hydrogens (tertiary/aromatic N) is 7. The Morgan fingerprint density at radius 3 is 1.58 bits per heavy atom. The van der Waals surface area contributed by atoms with Crippen molar-refractivity contribution >= 4 is 89.8 Å². The van der Waals surface area contributed by atoms with Crippen molar-refractivity contribution in [1.29, 1.82) is 0 Å². The van der Waals surface area contributed by atoms with E-state index in [0.29, 0.717) is 238 Å². The lowest BCUT2D eigenvalue weighted by molar-refractivity contribution is -0.436. The summed E-state index contributed by atoms with van der Waals surface area (Å²) in [6, 6.07) is 19.7. The Balaban J connectivity index is 0.554. The summed E-state index contributed by atoms with van der Waals surface area (Å²) in [6.07, 6.45) is 10.4. The SMILES string of the molecule is COc1cc(Cc2cnc(N)nc2N)cc(OC)c1OCCCCC(=O)NCCNC(=O)CCN1/C(=C/C=C/C2=[N+](CCC(=O)NCCOCCOCCOCCOCCOCCOCCOCCOCCOCCOCCOCCOCCC(=O)NCc3ccc(COc4nc(N)nc5nc[nH]c45)cc3)c3ccc(S(=O)(=O)O)cc3C2(C)C)C(C)(C)c2cc(S(=O)(=O)[O-])ccc21. The fraction of sp³-hybridized carbons (Fsp3) is 0.528. The molecule has 0 aliphatic carbocycles. The molecule has 0 spiro atoms. The van der Waals surface area contributed by atoms with E-state index in [1.165, 1.54) is 44.8 Å². The van der Waals surface area contributed by atoms with Crippen molar-refractivity contribution in [2.24, 2.45) is 0 Å². The van der Waals surface area contributed by atoms with Crippen LogP contribution in [0.2, 0.25) is 0 Å². The summed E-state index contributed by atoms with van der Waals surface area (Å²) in [5.41, 5.74) is 23.7. The molecule has 43 heteroatoms. The number of carbonyl (C=O) groups excluding carboxylic acids is 4. The Morgan fingerprint density at radius 2 is 1.03 bits per heavy atom. The monoisotopic (exact) mass is 1880 g/mol. The highest BCUT2D eigenvalue weighted by Gasteiger charge is 2.46. The van der Waals surface area contributed by atoms with E-state index in [0.717, 1.165) is 16.7 Å². The summed E-state index contributed by atoms with van der Waals surface area (Å²) in [6.45, 7) is 18.4. The van der Waals surface area contributed by atoms with Crippen LogP contribution in [0.15, 0.2) is 119 Å². The third kappa shape index (κ3) is 34.7. The molecular weight excluding hydrogens is 1760 g/mol. The van der Waals surface area contributed by atoms with Gasteiger partial charge in [0, 0.05) is 105 Å². The first kappa shape index (κ1) is 105. The fourth-order valence-corrected chi connectivity index (χ4v) is 15.0. The van der Waals surface area contributed by atoms with Crippen molar-refractivity contribution in [1.82, 2.24) is 51.2 Å². The van der Waals surface area contributed by atoms with Gasteiger partial charge in [-0.05, 0) is 97.5 Å². The Kier molecular flexibility index (Phi) is 43.8. The number of allylic oxidation sites excluding steroid dienone is 4. The molecule has 9 rings (SSSR count). The number of nitrogen functional groups attached to an aromatic ring is 3. The molecule has 7 aromatic rings. The molecule has 5 heterocycles. The van der Waals surface area contributed by atoms with Crippen LogP contribution in [0.25, 0.3) is 11.2 Å². The van der Waals surface area contributed by atoms with Crippen molar-refractivity contribution < 1.29 is 125 Å². The first-order valence-electron chi connectivity index (χ1n) is 43.6. The summed E-state index contributed by atoms with van der Waals surface area (Å²) in [5, 5.41) is 11.5. The van der Waals surface area contributed by atoms with Crippen LogP contribution in [-0.2, 0) is 127 Å². The number of methoxy groups -OCH3 is 2. The summed E-state index contributed by atoms with van der Waals surface area (Å²) in [4.78, 5) is 76.6. The Labute approximate surface area is 769 Å². The average molecular weight is 1890 g/mol. The van der Waals surface area contributed by atoms with Crippen molar-refractivity contribution in [3.05, 3.63) is 143 Å². The number of H-pyrrole nitrogens is 1. The molecule has 2 aliphatic heterocycles. The quantitative estimate of drug-likeness (QED) is 0.0136. The van der Waals surface area contributed by atoms with Gasteiger partial charge in [-0.15, -0.1) is 0 Å². The maximum Gasteiger partial charge on any atom is 0.294 e. The van der Waals surface area contributed by atoms with Crippen LogP contribution < -0.4 is 62.3 Å². The minimum Gasteiger partial charge on any atom is -0.744 e. The molecule has 0 saturated carbocycles. The molecule has 2 aliphatic rings. The zero-order chi connectivity index (χ0) is 94.6. The second-order valence-corrected chi connectivity index (χ2v) is 33.9. The third-order valence-electron chi connectivity index (χ3n) is 20.9. The smallest absolute Gasteiger partial charge is 0.294 e. The molecule has 3 aromatic heterocycles. The number of aromatic amines is 1. The predicted molar refractivity (Wildman–Crippen MR) is 485 cm³/mol. The molecule has 0 bridgehead atoms. The van der Waals surface area contributed by atoms with Gasteiger partial charge in [-0.2, -0.15) is 27.9 Å². The van der Waals surface area contributed by atoms with Gasteiger partial charge in [0.2, 0.25) is 52.8 Å². The van der Waals surface area contributed by atoms with Gasteiger partial charge in [-0.3, -0.25) is 23.7 Å². The highest BCUT2D eigenvalue weighted by molar-refractivity contribution is 7.86. The van der Waals surface area contributed by atoms with E-state index in [2.05, 4.69) is 51.2 Å². The molecule has 0 unspecified atom stereocenters. The summed E-state index contributed by atoms with van der Waals surface area (Å²) in [7, 11) is -6.42. The van der Waals surface area contributed by atoms with E-state index < -0.39 is 36.0 Å². The lowest BCUT2D eigenvalue weighted by Crippen LogP contribution is -2.36. The number of hydrogen-bond acceptors (Lipinski definition) is 34. The molecule has 0 radical (unpaired) electrons. The molecule has 41 nitrogen and oxygen atoms in total. The first-order valence-corrected chi connectivity index (χ1v) is 46.4. The summed E-state index contributed by atoms with van der Waals surface area (Å²) >= 11 is 0. The van der Waals surface area contributed by atoms with E-state index in [9.17, 15) is 45.1 Å². The van der Waals surface area contributed by atoms with Crippen LogP contribution in [0.4, 0.5) is 29.1 Å². The highest BCUT2D eigenvalue weighted by Crippen LogP contribution is 2.49. The van der Waals surface area contributed by atoms with Crippen molar-refractivity contribution in [2.45, 2.75) is 106 Å². The van der Waals surface area contributed by atoms with E-state index in [1.54, 1.807) is 36.5 Å². The number of imidazole rings is 1. The van der Waals surface area contributed by atoms with Gasteiger partial charge < -0.3 is 129 Å². The van der Waals surface area contributed by atoms with Gasteiger partial charge >= 0.3 is 0 Å². The van der Waals surface area contributed by atoms with E-state index in [1.807, 2.05) is 73.6 Å². The predicted octanol–water partition coefficient (Wildman–Crippen LogP) is 5.13. The topological polar surface area (TPSA) is 540 Å². The molecule has 12 N–H and O–H groups in total. The summed E-state index contributed by atoms with van der Waals surface area (Å²) in [5.74, 6) is 1.10. The van der Waals surface area contributed by atoms with Crippen LogP contribution in [0.3, 0.4) is 0 Å². The van der Waals surface area contributed by atoms with E-state index in [-0.39, 0.29) is 138 Å². The number of carbonyl (C=O) groups is 4. The third-order valence-corrected chi connectivity index (χ3v) is 22.6. The minimum atomic E-state index is -4.86. The molecule has 724 valence electrons. The Morgan fingerprint density at radius 1 is 0.523 bits per heavy atom. The molecule has 132 heavy (non-hydrogen) atoms. The number of benzene rings is 4. The minimum absolute atomic E-state index is 0.0224. The maximum absolute atomic E-state index is 13.5. The van der Waals surface area contributed by atoms with Crippen LogP contribution in [0.5, 0.6) is 23.1 Å². The molecule has 4 aromatic carbocycles. The number of unbranched alkanes of at least 4 members (excludes halogenated alkanes) is 1. The average Bonchev–Trinajstić information content (AvgIpc) is 1.58. The standard InChI is InChI=1S/C89H125N15O26S2/c1-88(2)69-57-67(131(109,110)111)17-19-71(69)103(27-21-78(106)94-25-24-93-77(105)12-7-8-29-129-82-73(115-5)55-65(56-74(82)116-6)54-66-60-97-86(91)100-83(66)90)75(88)10-9-11-76-89(3,4)70-58-68(132(112,113)114)18-20-72(70)104(76)28-22-79(107)95-26-31-118-33-35-120-37-39-122-41-43-124-45-47-126-49-51-128-53-52-127-50-48-125-46-44-123-42-40-121-38-36-119-34-32-117-30-23-80(108)96-59-63-13-15-64(16-14-63)61-130-85-81-84(99-62-98-81)101-87(92)102-85/h9-11,13-20,55-58,60,62H,7-8,12,21-54,59,61H2,1-6H3,(H12-,90,91,92,93,94,95,96,97,98,99,100,101,102,105,106,107,108,109,110,111,112,113,114). The molecule has 0 saturated heterocycles. The second-order valence-electron chi connectivity index (χ2n) is 31.1. The van der Waals surface area contributed by atoms with Gasteiger partial charge in [0.1, 0.15) is 28.1 Å². The van der Waals surface area contributed by atoms with Crippen molar-refractivity contribution in [2.75, 3.05) is 234 Å². The molecule has 4 amide bonds. The van der Waals surface area contributed by atoms with Crippen molar-refractivity contribution in [3.8, 4) is 23.1 Å². The van der Waals surface area contributed by atoms with Crippen molar-refractivity contribution in [3.63, 3.8) is 0 Å². The number of ether oxygens (including phenoxy) is 16. The maximum atomic E-state index is 13.5. The Bertz CT molecular complexity index is 5140. The number of nitrogens with two attached hydrogens (primary N) is 3. The number of fused-ring (bicyclic) bond motifs is 3. The number of nitrogens with one attached hydrogen (secondary N) is 5. The van der Waals surface area contributed by atoms with Crippen LogP contribution in [-0.4, -0.2) is 302 Å². The number of hydrogen-bond donors (Lipinski definition) is 9. The van der Waals surface area contributed by atoms with Gasteiger partial charge in [-0.1, -0.05) is 44.2 Å². The molecular formula is C89H125N15O26S2. The van der Waals surface area contributed by atoms with Crippen LogP contribution in [0.1, 0.15) is 99.6 Å².